The van der Waals surface area contributed by atoms with Crippen LogP contribution in [0.25, 0.3) is 0 Å². The van der Waals surface area contributed by atoms with Gasteiger partial charge in [-0.2, -0.15) is 0 Å². The molecule has 1 aromatic heterocycles. The predicted molar refractivity (Wildman–Crippen MR) is 95.8 cm³/mol. The fraction of sp³-hybridized carbons (Fsp3) is 0.500. The van der Waals surface area contributed by atoms with Crippen LogP contribution in [0.3, 0.4) is 0 Å². The molecule has 1 aliphatic heterocycles. The van der Waals surface area contributed by atoms with Gasteiger partial charge in [-0.3, -0.25) is 0 Å². The van der Waals surface area contributed by atoms with Crippen LogP contribution in [-0.2, 0) is 14.8 Å². The molecule has 2 aromatic rings. The molecule has 0 amide bonds. The first-order chi connectivity index (χ1) is 11.9. The Kier molecular flexibility index (Phi) is 5.27. The molecule has 3 rings (SSSR count). The molecule has 2 atom stereocenters. The lowest BCUT2D eigenvalue weighted by atomic mass is 9.96. The normalized spacial score (nSPS) is 21.6. The highest BCUT2D eigenvalue weighted by Crippen LogP contribution is 2.29. The molecule has 1 N–H and O–H groups in total. The second-order valence-corrected chi connectivity index (χ2v) is 8.49. The largest absolute Gasteiger partial charge is 0.372 e. The van der Waals surface area contributed by atoms with Crippen LogP contribution in [0.15, 0.2) is 41.8 Å². The van der Waals surface area contributed by atoms with Crippen molar-refractivity contribution in [2.75, 3.05) is 6.61 Å². The van der Waals surface area contributed by atoms with Gasteiger partial charge in [0, 0.05) is 18.8 Å². The Morgan fingerprint density at radius 3 is 2.64 bits per heavy atom. The molecule has 0 bridgehead atoms. The van der Waals surface area contributed by atoms with Crippen molar-refractivity contribution in [1.29, 1.82) is 0 Å². The monoisotopic (exact) mass is 363 g/mol. The van der Waals surface area contributed by atoms with Gasteiger partial charge in [0.25, 0.3) is 10.0 Å². The summed E-state index contributed by atoms with van der Waals surface area (Å²) in [5, 5.41) is 0.0504. The van der Waals surface area contributed by atoms with Crippen LogP contribution in [0.2, 0.25) is 0 Å². The summed E-state index contributed by atoms with van der Waals surface area (Å²) in [6, 6.07) is 7.90. The maximum Gasteiger partial charge on any atom is 0.259 e. The molecule has 2 unspecified atom stereocenters. The van der Waals surface area contributed by atoms with Gasteiger partial charge < -0.3 is 9.30 Å². The van der Waals surface area contributed by atoms with Gasteiger partial charge in [-0.15, -0.1) is 0 Å². The van der Waals surface area contributed by atoms with Gasteiger partial charge in [-0.25, -0.2) is 18.1 Å². The van der Waals surface area contributed by atoms with Crippen LogP contribution in [0, 0.1) is 6.92 Å². The lowest BCUT2D eigenvalue weighted by Gasteiger charge is -2.32. The number of hydrogen-bond donors (Lipinski definition) is 1. The third kappa shape index (κ3) is 4.11. The summed E-state index contributed by atoms with van der Waals surface area (Å²) in [5.74, 6) is 0. The summed E-state index contributed by atoms with van der Waals surface area (Å²) in [5.41, 5.74) is 2.15. The lowest BCUT2D eigenvalue weighted by Crippen LogP contribution is -2.42. The van der Waals surface area contributed by atoms with Crippen molar-refractivity contribution in [3.05, 3.63) is 47.9 Å². The maximum absolute atomic E-state index is 12.7. The SMILES string of the molecule is Cc1ccc(C2OCCCC2NS(=O)(=O)c2cn(C(C)C)cn2)cc1. The van der Waals surface area contributed by atoms with E-state index in [1.165, 1.54) is 0 Å². The van der Waals surface area contributed by atoms with Gasteiger partial charge in [-0.05, 0) is 39.2 Å². The van der Waals surface area contributed by atoms with E-state index in [4.69, 9.17) is 4.74 Å². The number of aromatic nitrogens is 2. The van der Waals surface area contributed by atoms with Crippen LogP contribution in [-0.4, -0.2) is 30.6 Å². The molecule has 1 aliphatic rings. The lowest BCUT2D eigenvalue weighted by molar-refractivity contribution is -0.00444. The van der Waals surface area contributed by atoms with Crippen molar-refractivity contribution in [3.63, 3.8) is 0 Å². The van der Waals surface area contributed by atoms with Crippen molar-refractivity contribution in [3.8, 4) is 0 Å². The van der Waals surface area contributed by atoms with E-state index in [0.29, 0.717) is 6.61 Å². The zero-order valence-corrected chi connectivity index (χ0v) is 15.7. The predicted octanol–water partition coefficient (Wildman–Crippen LogP) is 2.97. The van der Waals surface area contributed by atoms with E-state index in [2.05, 4.69) is 9.71 Å². The molecule has 0 radical (unpaired) electrons. The fourth-order valence-electron chi connectivity index (χ4n) is 2.99. The Morgan fingerprint density at radius 2 is 2.00 bits per heavy atom. The number of imidazole rings is 1. The summed E-state index contributed by atoms with van der Waals surface area (Å²) >= 11 is 0. The van der Waals surface area contributed by atoms with Gasteiger partial charge in [0.15, 0.2) is 5.03 Å². The minimum absolute atomic E-state index is 0.0504. The van der Waals surface area contributed by atoms with Crippen LogP contribution >= 0.6 is 0 Å². The zero-order chi connectivity index (χ0) is 18.0. The average Bonchev–Trinajstić information content (AvgIpc) is 3.07. The Labute approximate surface area is 149 Å². The summed E-state index contributed by atoms with van der Waals surface area (Å²) in [7, 11) is -3.68. The molecular formula is C18H25N3O3S. The van der Waals surface area contributed by atoms with E-state index >= 15 is 0 Å². The van der Waals surface area contributed by atoms with Crippen LogP contribution in [0.5, 0.6) is 0 Å². The van der Waals surface area contributed by atoms with Crippen molar-refractivity contribution in [2.45, 2.75) is 56.8 Å². The third-order valence-corrected chi connectivity index (χ3v) is 5.86. The molecule has 1 saturated heterocycles. The fourth-order valence-corrected chi connectivity index (χ4v) is 4.19. The van der Waals surface area contributed by atoms with Crippen molar-refractivity contribution < 1.29 is 13.2 Å². The first kappa shape index (κ1) is 18.1. The summed E-state index contributed by atoms with van der Waals surface area (Å²) in [6.45, 7) is 6.62. The molecule has 7 heteroatoms. The standard InChI is InChI=1S/C18H25N3O3S/c1-13(2)21-11-17(19-12-21)25(22,23)20-16-5-4-10-24-18(16)15-8-6-14(3)7-9-15/h6-9,11-13,16,18,20H,4-5,10H2,1-3H3. The number of ether oxygens (including phenoxy) is 1. The topological polar surface area (TPSA) is 73.2 Å². The molecule has 25 heavy (non-hydrogen) atoms. The Hall–Kier alpha value is -1.70. The number of rotatable bonds is 5. The minimum atomic E-state index is -3.68. The number of sulfonamides is 1. The van der Waals surface area contributed by atoms with Crippen LogP contribution in [0.1, 0.15) is 50.0 Å². The molecule has 0 aliphatic carbocycles. The average molecular weight is 363 g/mol. The number of nitrogens with zero attached hydrogens (tertiary/aromatic N) is 2. The number of nitrogens with one attached hydrogen (secondary N) is 1. The molecule has 0 saturated carbocycles. The van der Waals surface area contributed by atoms with Gasteiger partial charge in [0.2, 0.25) is 0 Å². The molecule has 136 valence electrons. The van der Waals surface area contributed by atoms with Crippen molar-refractivity contribution in [2.24, 2.45) is 0 Å². The second-order valence-electron chi connectivity index (χ2n) is 6.82. The smallest absolute Gasteiger partial charge is 0.259 e. The summed E-state index contributed by atoms with van der Waals surface area (Å²) in [6.07, 6.45) is 4.40. The number of hydrogen-bond acceptors (Lipinski definition) is 4. The Bertz CT molecular complexity index is 812. The quantitative estimate of drug-likeness (QED) is 0.886. The van der Waals surface area contributed by atoms with E-state index in [-0.39, 0.29) is 23.2 Å². The molecule has 6 nitrogen and oxygen atoms in total. The first-order valence-corrected chi connectivity index (χ1v) is 10.1. The van der Waals surface area contributed by atoms with E-state index in [9.17, 15) is 8.42 Å². The third-order valence-electron chi connectivity index (χ3n) is 4.48. The molecule has 0 spiro atoms. The Balaban J connectivity index is 1.81. The maximum atomic E-state index is 12.7. The molecule has 2 heterocycles. The van der Waals surface area contributed by atoms with Gasteiger partial charge in [0.05, 0.1) is 18.5 Å². The summed E-state index contributed by atoms with van der Waals surface area (Å²) < 4.78 is 35.9. The highest BCUT2D eigenvalue weighted by atomic mass is 32.2. The first-order valence-electron chi connectivity index (χ1n) is 8.61. The van der Waals surface area contributed by atoms with Crippen molar-refractivity contribution in [1.82, 2.24) is 14.3 Å². The Morgan fingerprint density at radius 1 is 1.28 bits per heavy atom. The van der Waals surface area contributed by atoms with E-state index in [1.807, 2.05) is 45.0 Å². The minimum Gasteiger partial charge on any atom is -0.372 e. The zero-order valence-electron chi connectivity index (χ0n) is 14.8. The highest BCUT2D eigenvalue weighted by Gasteiger charge is 2.32. The van der Waals surface area contributed by atoms with E-state index in [0.717, 1.165) is 24.0 Å². The molecular weight excluding hydrogens is 338 g/mol. The van der Waals surface area contributed by atoms with E-state index < -0.39 is 10.0 Å². The highest BCUT2D eigenvalue weighted by molar-refractivity contribution is 7.89. The van der Waals surface area contributed by atoms with Gasteiger partial charge in [-0.1, -0.05) is 29.8 Å². The van der Waals surface area contributed by atoms with E-state index in [1.54, 1.807) is 17.1 Å². The number of aryl methyl sites for hydroxylation is 1. The second kappa shape index (κ2) is 7.27. The van der Waals surface area contributed by atoms with Gasteiger partial charge >= 0.3 is 0 Å². The van der Waals surface area contributed by atoms with Crippen LogP contribution < -0.4 is 4.72 Å². The van der Waals surface area contributed by atoms with Crippen molar-refractivity contribution >= 4 is 10.0 Å². The molecule has 1 fully saturated rings. The number of benzene rings is 1. The molecule has 1 aromatic carbocycles. The van der Waals surface area contributed by atoms with Gasteiger partial charge in [0.1, 0.15) is 0 Å². The van der Waals surface area contributed by atoms with Crippen LogP contribution in [0.4, 0.5) is 0 Å². The summed E-state index contributed by atoms with van der Waals surface area (Å²) in [4.78, 5) is 4.06.